The van der Waals surface area contributed by atoms with Crippen molar-refractivity contribution in [2.75, 3.05) is 23.3 Å². The summed E-state index contributed by atoms with van der Waals surface area (Å²) < 4.78 is 19.4. The number of hydrogen-bond acceptors (Lipinski definition) is 4. The average molecular weight is 339 g/mol. The number of anilines is 2. The number of carbonyl (C=O) groups is 1. The minimum absolute atomic E-state index is 0.0647. The number of amides is 1. The number of ether oxygens (including phenoxy) is 1. The summed E-state index contributed by atoms with van der Waals surface area (Å²) in [6.45, 7) is 1.33. The molecule has 0 saturated carbocycles. The maximum atomic E-state index is 14.3. The highest BCUT2D eigenvalue weighted by atomic mass is 19.1. The second-order valence-corrected chi connectivity index (χ2v) is 5.91. The van der Waals surface area contributed by atoms with E-state index in [-0.39, 0.29) is 12.5 Å². The Morgan fingerprint density at radius 2 is 2.12 bits per heavy atom. The third kappa shape index (κ3) is 4.27. The normalized spacial score (nSPS) is 16.3. The molecule has 128 valence electrons. The maximum Gasteiger partial charge on any atom is 0.411 e. The van der Waals surface area contributed by atoms with Crippen molar-refractivity contribution in [1.29, 1.82) is 5.26 Å². The number of benzene rings is 2. The van der Waals surface area contributed by atoms with Gasteiger partial charge in [-0.1, -0.05) is 30.3 Å². The third-order valence-electron chi connectivity index (χ3n) is 4.12. The van der Waals surface area contributed by atoms with Crippen LogP contribution in [-0.4, -0.2) is 19.2 Å². The van der Waals surface area contributed by atoms with E-state index in [4.69, 9.17) is 10.00 Å². The highest BCUT2D eigenvalue weighted by Gasteiger charge is 2.24. The van der Waals surface area contributed by atoms with Crippen molar-refractivity contribution in [3.05, 3.63) is 59.9 Å². The van der Waals surface area contributed by atoms with Gasteiger partial charge in [-0.3, -0.25) is 5.32 Å². The first-order valence-electron chi connectivity index (χ1n) is 8.07. The SMILES string of the molecule is N#CC1CCN(c2ccc(NC(=O)OCc3ccccc3)cc2F)C1. The van der Waals surface area contributed by atoms with E-state index in [9.17, 15) is 9.18 Å². The molecule has 0 radical (unpaired) electrons. The van der Waals surface area contributed by atoms with E-state index in [0.29, 0.717) is 24.5 Å². The molecule has 2 aromatic carbocycles. The summed E-state index contributed by atoms with van der Waals surface area (Å²) in [5.74, 6) is -0.496. The maximum absolute atomic E-state index is 14.3. The van der Waals surface area contributed by atoms with Crippen LogP contribution in [0.3, 0.4) is 0 Å². The van der Waals surface area contributed by atoms with Gasteiger partial charge in [-0.2, -0.15) is 5.26 Å². The average Bonchev–Trinajstić information content (AvgIpc) is 3.10. The zero-order valence-corrected chi connectivity index (χ0v) is 13.6. The molecule has 1 aliphatic heterocycles. The molecular formula is C19H18FN3O2. The van der Waals surface area contributed by atoms with Crippen molar-refractivity contribution in [3.8, 4) is 6.07 Å². The molecule has 1 heterocycles. The van der Waals surface area contributed by atoms with E-state index >= 15 is 0 Å². The lowest BCUT2D eigenvalue weighted by molar-refractivity contribution is 0.155. The van der Waals surface area contributed by atoms with Crippen LogP contribution in [0.1, 0.15) is 12.0 Å². The number of carbonyl (C=O) groups excluding carboxylic acids is 1. The lowest BCUT2D eigenvalue weighted by Crippen LogP contribution is -2.21. The van der Waals surface area contributed by atoms with Crippen molar-refractivity contribution < 1.29 is 13.9 Å². The molecule has 6 heteroatoms. The Labute approximate surface area is 145 Å². The van der Waals surface area contributed by atoms with Crippen molar-refractivity contribution in [2.24, 2.45) is 5.92 Å². The van der Waals surface area contributed by atoms with Gasteiger partial charge in [-0.25, -0.2) is 9.18 Å². The van der Waals surface area contributed by atoms with Crippen LogP contribution < -0.4 is 10.2 Å². The van der Waals surface area contributed by atoms with Gasteiger partial charge in [0.1, 0.15) is 12.4 Å². The highest BCUT2D eigenvalue weighted by Crippen LogP contribution is 2.28. The standard InChI is InChI=1S/C19H18FN3O2/c20-17-10-16(6-7-18(17)23-9-8-15(11-21)12-23)22-19(24)25-13-14-4-2-1-3-5-14/h1-7,10,15H,8-9,12-13H2,(H,22,24). The van der Waals surface area contributed by atoms with Gasteiger partial charge in [0.25, 0.3) is 0 Å². The van der Waals surface area contributed by atoms with Crippen molar-refractivity contribution in [2.45, 2.75) is 13.0 Å². The van der Waals surface area contributed by atoms with E-state index in [1.165, 1.54) is 6.07 Å². The monoisotopic (exact) mass is 339 g/mol. The highest BCUT2D eigenvalue weighted by molar-refractivity contribution is 5.85. The van der Waals surface area contributed by atoms with Crippen LogP contribution >= 0.6 is 0 Å². The Balaban J connectivity index is 1.57. The largest absolute Gasteiger partial charge is 0.444 e. The number of rotatable bonds is 4. The lowest BCUT2D eigenvalue weighted by Gasteiger charge is -2.19. The Bertz CT molecular complexity index is 789. The molecule has 0 spiro atoms. The fourth-order valence-corrected chi connectivity index (χ4v) is 2.80. The third-order valence-corrected chi connectivity index (χ3v) is 4.12. The molecule has 0 bridgehead atoms. The molecule has 2 aromatic rings. The van der Waals surface area contributed by atoms with Crippen LogP contribution in [0, 0.1) is 23.1 Å². The lowest BCUT2D eigenvalue weighted by atomic mass is 10.1. The number of nitrogens with zero attached hydrogens (tertiary/aromatic N) is 2. The van der Waals surface area contributed by atoms with Gasteiger partial charge in [-0.15, -0.1) is 0 Å². The zero-order valence-electron chi connectivity index (χ0n) is 13.6. The first kappa shape index (κ1) is 16.8. The number of halogens is 1. The summed E-state index contributed by atoms with van der Waals surface area (Å²) in [4.78, 5) is 13.7. The molecule has 5 nitrogen and oxygen atoms in total. The van der Waals surface area contributed by atoms with Crippen LogP contribution in [-0.2, 0) is 11.3 Å². The summed E-state index contributed by atoms with van der Waals surface area (Å²) in [7, 11) is 0. The van der Waals surface area contributed by atoms with Crippen LogP contribution in [0.2, 0.25) is 0 Å². The van der Waals surface area contributed by atoms with Crippen molar-refractivity contribution in [1.82, 2.24) is 0 Å². The summed E-state index contributed by atoms with van der Waals surface area (Å²) in [5, 5.41) is 11.5. The second kappa shape index (κ2) is 7.67. The van der Waals surface area contributed by atoms with Gasteiger partial charge in [0.2, 0.25) is 0 Å². The Hall–Kier alpha value is -3.07. The van der Waals surface area contributed by atoms with Crippen LogP contribution in [0.4, 0.5) is 20.6 Å². The Morgan fingerprint density at radius 1 is 1.32 bits per heavy atom. The molecular weight excluding hydrogens is 321 g/mol. The molecule has 1 atom stereocenters. The van der Waals surface area contributed by atoms with Crippen molar-refractivity contribution in [3.63, 3.8) is 0 Å². The van der Waals surface area contributed by atoms with Gasteiger partial charge >= 0.3 is 6.09 Å². The first-order chi connectivity index (χ1) is 12.2. The second-order valence-electron chi connectivity index (χ2n) is 5.91. The molecule has 1 saturated heterocycles. The smallest absolute Gasteiger partial charge is 0.411 e. The number of nitrogens with one attached hydrogen (secondary N) is 1. The molecule has 1 N–H and O–H groups in total. The zero-order chi connectivity index (χ0) is 17.6. The summed E-state index contributed by atoms with van der Waals surface area (Å²) in [5.41, 5.74) is 1.65. The van der Waals surface area contributed by atoms with Crippen LogP contribution in [0.25, 0.3) is 0 Å². The topological polar surface area (TPSA) is 65.4 Å². The molecule has 1 amide bonds. The van der Waals surface area contributed by atoms with Crippen molar-refractivity contribution >= 4 is 17.5 Å². The first-order valence-corrected chi connectivity index (χ1v) is 8.07. The molecule has 3 rings (SSSR count). The van der Waals surface area contributed by atoms with E-state index in [1.54, 1.807) is 12.1 Å². The molecule has 1 fully saturated rings. The fourth-order valence-electron chi connectivity index (χ4n) is 2.80. The van der Waals surface area contributed by atoms with Crippen LogP contribution in [0.15, 0.2) is 48.5 Å². The summed E-state index contributed by atoms with van der Waals surface area (Å²) in [6, 6.07) is 16.0. The van der Waals surface area contributed by atoms with E-state index in [1.807, 2.05) is 35.2 Å². The Morgan fingerprint density at radius 3 is 2.80 bits per heavy atom. The minimum Gasteiger partial charge on any atom is -0.444 e. The summed E-state index contributed by atoms with van der Waals surface area (Å²) >= 11 is 0. The van der Waals surface area contributed by atoms with Gasteiger partial charge in [-0.05, 0) is 30.2 Å². The number of nitriles is 1. The van der Waals surface area contributed by atoms with E-state index in [0.717, 1.165) is 12.0 Å². The van der Waals surface area contributed by atoms with Gasteiger partial charge < -0.3 is 9.64 Å². The molecule has 0 aliphatic carbocycles. The van der Waals surface area contributed by atoms with Crippen LogP contribution in [0.5, 0.6) is 0 Å². The quantitative estimate of drug-likeness (QED) is 0.917. The van der Waals surface area contributed by atoms with Gasteiger partial charge in [0.15, 0.2) is 0 Å². The fraction of sp³-hybridized carbons (Fsp3) is 0.263. The van der Waals surface area contributed by atoms with E-state index < -0.39 is 11.9 Å². The van der Waals surface area contributed by atoms with Gasteiger partial charge in [0, 0.05) is 18.8 Å². The predicted octanol–water partition coefficient (Wildman–Crippen LogP) is 3.92. The molecule has 1 unspecified atom stereocenters. The molecule has 0 aromatic heterocycles. The summed E-state index contributed by atoms with van der Waals surface area (Å²) in [6.07, 6.45) is 0.101. The Kier molecular flexibility index (Phi) is 5.14. The number of hydrogen-bond donors (Lipinski definition) is 1. The van der Waals surface area contributed by atoms with E-state index in [2.05, 4.69) is 11.4 Å². The molecule has 1 aliphatic rings. The minimum atomic E-state index is -0.637. The molecule has 25 heavy (non-hydrogen) atoms. The van der Waals surface area contributed by atoms with Gasteiger partial charge in [0.05, 0.1) is 17.7 Å². The predicted molar refractivity (Wildman–Crippen MR) is 92.6 cm³/mol.